The van der Waals surface area contributed by atoms with Gasteiger partial charge in [-0.15, -0.1) is 0 Å². The number of hydrogen-bond acceptors (Lipinski definition) is 6. The molecule has 0 saturated carbocycles. The summed E-state index contributed by atoms with van der Waals surface area (Å²) in [4.78, 5) is 0. The molecule has 98 valence electrons. The zero-order valence-electron chi connectivity index (χ0n) is 11.0. The molecule has 19 heavy (non-hydrogen) atoms. The molecule has 0 radical (unpaired) electrons. The summed E-state index contributed by atoms with van der Waals surface area (Å²) >= 11 is 0. The monoisotopic (exact) mass is 258 g/mol. The highest BCUT2D eigenvalue weighted by atomic mass is 16.7. The lowest BCUT2D eigenvalue weighted by molar-refractivity contribution is -0.335. The third kappa shape index (κ3) is 1.14. The number of ether oxygens (including phenoxy) is 2. The molecule has 0 aromatic heterocycles. The first-order chi connectivity index (χ1) is 8.88. The van der Waals surface area contributed by atoms with Gasteiger partial charge in [0.25, 0.3) is 0 Å². The molecule has 0 unspecified atom stereocenters. The Hall–Kier alpha value is -2.10. The molecule has 2 bridgehead atoms. The summed E-state index contributed by atoms with van der Waals surface area (Å²) < 4.78 is 11.2. The maximum Gasteiger partial charge on any atom is 0.214 e. The van der Waals surface area contributed by atoms with E-state index < -0.39 is 28.6 Å². The summed E-state index contributed by atoms with van der Waals surface area (Å²) in [5.41, 5.74) is -3.30. The molecule has 3 saturated heterocycles. The van der Waals surface area contributed by atoms with E-state index in [0.717, 1.165) is 0 Å². The lowest BCUT2D eigenvalue weighted by Gasteiger charge is -2.60. The molecule has 4 atom stereocenters. The van der Waals surface area contributed by atoms with Crippen LogP contribution >= 0.6 is 0 Å². The van der Waals surface area contributed by atoms with E-state index >= 15 is 0 Å². The van der Waals surface area contributed by atoms with Gasteiger partial charge < -0.3 is 9.47 Å². The van der Waals surface area contributed by atoms with Gasteiger partial charge >= 0.3 is 0 Å². The summed E-state index contributed by atoms with van der Waals surface area (Å²) in [7, 11) is 0. The van der Waals surface area contributed by atoms with E-state index in [2.05, 4.69) is 0 Å². The van der Waals surface area contributed by atoms with Crippen LogP contribution in [0.2, 0.25) is 0 Å². The van der Waals surface area contributed by atoms with Crippen LogP contribution in [0.1, 0.15) is 27.2 Å². The molecular formula is C13H14N4O2. The highest BCUT2D eigenvalue weighted by Crippen LogP contribution is 2.62. The topological polar surface area (TPSA) is 114 Å². The number of nitriles is 3. The Kier molecular flexibility index (Phi) is 2.59. The average molecular weight is 258 g/mol. The Morgan fingerprint density at radius 3 is 2.26 bits per heavy atom. The Balaban J connectivity index is 2.81. The lowest BCUT2D eigenvalue weighted by atomic mass is 9.51. The van der Waals surface area contributed by atoms with Crippen molar-refractivity contribution in [1.82, 2.24) is 0 Å². The van der Waals surface area contributed by atoms with Crippen molar-refractivity contribution in [2.24, 2.45) is 16.7 Å². The summed E-state index contributed by atoms with van der Waals surface area (Å²) in [5, 5.41) is 36.7. The number of nitrogens with one attached hydrogen (secondary N) is 1. The standard InChI is InChI=1S/C13H14N4O2/c1-4-9-13(7-16)10(17)19-11(3,18-9)8(2)12(13,5-14)6-15/h8-9,17H,4H2,1-3H3/t8-,9+,11+,13+/m0/s1. The van der Waals surface area contributed by atoms with Crippen LogP contribution < -0.4 is 0 Å². The Bertz CT molecular complexity index is 553. The van der Waals surface area contributed by atoms with Crippen molar-refractivity contribution < 1.29 is 9.47 Å². The summed E-state index contributed by atoms with van der Waals surface area (Å²) in [6.07, 6.45) is -0.272. The van der Waals surface area contributed by atoms with Crippen molar-refractivity contribution in [2.75, 3.05) is 0 Å². The van der Waals surface area contributed by atoms with Gasteiger partial charge in [-0.1, -0.05) is 13.8 Å². The van der Waals surface area contributed by atoms with Crippen LogP contribution in [0.3, 0.4) is 0 Å². The van der Waals surface area contributed by atoms with Crippen molar-refractivity contribution in [3.63, 3.8) is 0 Å². The minimum atomic E-state index is -1.66. The molecule has 1 N–H and O–H groups in total. The van der Waals surface area contributed by atoms with E-state index in [9.17, 15) is 15.8 Å². The van der Waals surface area contributed by atoms with Crippen LogP contribution in [0, 0.1) is 56.2 Å². The van der Waals surface area contributed by atoms with Gasteiger partial charge in [0.15, 0.2) is 10.8 Å². The van der Waals surface area contributed by atoms with Gasteiger partial charge in [-0.25, -0.2) is 0 Å². The zero-order chi connectivity index (χ0) is 14.5. The quantitative estimate of drug-likeness (QED) is 0.768. The third-order valence-electron chi connectivity index (χ3n) is 4.48. The summed E-state index contributed by atoms with van der Waals surface area (Å²) in [6, 6.07) is 5.93. The number of fused-ring (bicyclic) bond motifs is 3. The fraction of sp³-hybridized carbons (Fsp3) is 0.692. The lowest BCUT2D eigenvalue weighted by Crippen LogP contribution is -2.73. The summed E-state index contributed by atoms with van der Waals surface area (Å²) in [6.45, 7) is 5.06. The van der Waals surface area contributed by atoms with Crippen LogP contribution in [0.4, 0.5) is 0 Å². The van der Waals surface area contributed by atoms with Gasteiger partial charge in [-0.2, -0.15) is 15.8 Å². The molecule has 3 fully saturated rings. The minimum Gasteiger partial charge on any atom is -0.448 e. The van der Waals surface area contributed by atoms with Crippen LogP contribution in [-0.4, -0.2) is 17.8 Å². The van der Waals surface area contributed by atoms with E-state index in [0.29, 0.717) is 6.42 Å². The SMILES string of the molecule is CC[C@H]1O[C@]2(C)OC(=N)[C@]1(C#N)C(C#N)(C#N)[C@H]2C. The smallest absolute Gasteiger partial charge is 0.214 e. The Labute approximate surface area is 111 Å². The molecule has 3 aliphatic rings. The van der Waals surface area contributed by atoms with E-state index in [4.69, 9.17) is 14.9 Å². The van der Waals surface area contributed by atoms with Crippen LogP contribution in [0.15, 0.2) is 0 Å². The normalized spacial score (nSPS) is 42.6. The predicted molar refractivity (Wildman–Crippen MR) is 63.2 cm³/mol. The number of nitrogens with zero attached hydrogens (tertiary/aromatic N) is 3. The molecular weight excluding hydrogens is 244 g/mol. The molecule has 0 spiro atoms. The fourth-order valence-electron chi connectivity index (χ4n) is 3.18. The fourth-order valence-corrected chi connectivity index (χ4v) is 3.18. The first kappa shape index (κ1) is 13.3. The minimum absolute atomic E-state index is 0.336. The van der Waals surface area contributed by atoms with Gasteiger partial charge in [0.2, 0.25) is 11.7 Å². The van der Waals surface area contributed by atoms with Crippen LogP contribution in [0.25, 0.3) is 0 Å². The number of hydrogen-bond donors (Lipinski definition) is 1. The van der Waals surface area contributed by atoms with Crippen molar-refractivity contribution in [2.45, 2.75) is 39.1 Å². The van der Waals surface area contributed by atoms with Crippen LogP contribution in [0.5, 0.6) is 0 Å². The zero-order valence-corrected chi connectivity index (χ0v) is 11.0. The van der Waals surface area contributed by atoms with Crippen molar-refractivity contribution in [1.29, 1.82) is 21.2 Å². The van der Waals surface area contributed by atoms with Crippen molar-refractivity contribution in [3.8, 4) is 18.2 Å². The third-order valence-corrected chi connectivity index (χ3v) is 4.48. The molecule has 0 aliphatic carbocycles. The molecule has 3 heterocycles. The van der Waals surface area contributed by atoms with Gasteiger partial charge in [0.05, 0.1) is 30.2 Å². The maximum atomic E-state index is 9.58. The molecule has 3 aliphatic heterocycles. The Morgan fingerprint density at radius 2 is 1.84 bits per heavy atom. The highest BCUT2D eigenvalue weighted by molar-refractivity contribution is 5.88. The molecule has 6 nitrogen and oxygen atoms in total. The van der Waals surface area contributed by atoms with Crippen LogP contribution in [-0.2, 0) is 9.47 Å². The Morgan fingerprint density at radius 1 is 1.26 bits per heavy atom. The van der Waals surface area contributed by atoms with E-state index in [-0.39, 0.29) is 5.90 Å². The van der Waals surface area contributed by atoms with E-state index in [1.54, 1.807) is 20.8 Å². The second-order valence-corrected chi connectivity index (χ2v) is 5.14. The maximum absolute atomic E-state index is 9.58. The second-order valence-electron chi connectivity index (χ2n) is 5.14. The van der Waals surface area contributed by atoms with Gasteiger partial charge in [0.1, 0.15) is 0 Å². The van der Waals surface area contributed by atoms with Crippen molar-refractivity contribution >= 4 is 5.90 Å². The largest absolute Gasteiger partial charge is 0.448 e. The first-order valence-corrected chi connectivity index (χ1v) is 6.08. The van der Waals surface area contributed by atoms with Crippen molar-refractivity contribution in [3.05, 3.63) is 0 Å². The van der Waals surface area contributed by atoms with E-state index in [1.165, 1.54) is 0 Å². The molecule has 0 aromatic carbocycles. The molecule has 3 rings (SSSR count). The van der Waals surface area contributed by atoms with E-state index in [1.807, 2.05) is 18.2 Å². The molecule has 0 amide bonds. The number of rotatable bonds is 1. The van der Waals surface area contributed by atoms with Gasteiger partial charge in [-0.3, -0.25) is 5.41 Å². The second kappa shape index (κ2) is 3.70. The average Bonchev–Trinajstić information content (AvgIpc) is 2.40. The molecule has 0 aromatic rings. The van der Waals surface area contributed by atoms with Gasteiger partial charge in [0, 0.05) is 6.92 Å². The highest BCUT2D eigenvalue weighted by Gasteiger charge is 2.77. The summed E-state index contributed by atoms with van der Waals surface area (Å²) in [5.74, 6) is -2.19. The predicted octanol–water partition coefficient (Wildman–Crippen LogP) is 1.70. The first-order valence-electron chi connectivity index (χ1n) is 6.08. The molecule has 6 heteroatoms. The van der Waals surface area contributed by atoms with Gasteiger partial charge in [-0.05, 0) is 6.42 Å².